The first-order valence-corrected chi connectivity index (χ1v) is 7.28. The average Bonchev–Trinajstić information content (AvgIpc) is 2.78. The number of hydrogen-bond acceptors (Lipinski definition) is 4. The lowest BCUT2D eigenvalue weighted by Crippen LogP contribution is -2.44. The Morgan fingerprint density at radius 1 is 1.65 bits per heavy atom. The average molecular weight is 254 g/mol. The highest BCUT2D eigenvalue weighted by Gasteiger charge is 2.30. The summed E-state index contributed by atoms with van der Waals surface area (Å²) in [6.45, 7) is 7.42. The fourth-order valence-corrected chi connectivity index (χ4v) is 3.21. The van der Waals surface area contributed by atoms with Gasteiger partial charge in [0.25, 0.3) is 0 Å². The van der Waals surface area contributed by atoms with Crippen LogP contribution in [0.25, 0.3) is 0 Å². The second kappa shape index (κ2) is 5.46. The number of hydrogen-bond donors (Lipinski definition) is 1. The van der Waals surface area contributed by atoms with E-state index in [2.05, 4.69) is 31.1 Å². The summed E-state index contributed by atoms with van der Waals surface area (Å²) in [5.41, 5.74) is 0.0110. The van der Waals surface area contributed by atoms with Gasteiger partial charge in [0.2, 0.25) is 0 Å². The molecule has 0 bridgehead atoms. The number of thiazole rings is 1. The number of aromatic nitrogens is 1. The highest BCUT2D eigenvalue weighted by atomic mass is 32.1. The smallest absolute Gasteiger partial charge is 0.109 e. The van der Waals surface area contributed by atoms with E-state index in [-0.39, 0.29) is 5.60 Å². The van der Waals surface area contributed by atoms with Gasteiger partial charge in [0.1, 0.15) is 5.01 Å². The van der Waals surface area contributed by atoms with Gasteiger partial charge < -0.3 is 10.1 Å². The summed E-state index contributed by atoms with van der Waals surface area (Å²) in [5.74, 6) is 0. The van der Waals surface area contributed by atoms with Gasteiger partial charge in [-0.25, -0.2) is 4.98 Å². The van der Waals surface area contributed by atoms with Crippen molar-refractivity contribution in [3.05, 3.63) is 16.6 Å². The Morgan fingerprint density at radius 2 is 2.47 bits per heavy atom. The molecule has 3 nitrogen and oxygen atoms in total. The molecule has 1 aliphatic rings. The van der Waals surface area contributed by atoms with Gasteiger partial charge in [0, 0.05) is 24.2 Å². The van der Waals surface area contributed by atoms with Crippen molar-refractivity contribution in [3.8, 4) is 0 Å². The van der Waals surface area contributed by atoms with E-state index in [0.29, 0.717) is 12.1 Å². The first kappa shape index (κ1) is 13.0. The van der Waals surface area contributed by atoms with Crippen molar-refractivity contribution in [2.75, 3.05) is 6.61 Å². The van der Waals surface area contributed by atoms with Crippen LogP contribution in [0.4, 0.5) is 0 Å². The summed E-state index contributed by atoms with van der Waals surface area (Å²) in [6.07, 6.45) is 5.16. The Morgan fingerprint density at radius 3 is 3.06 bits per heavy atom. The molecular formula is C13H22N2OS. The largest absolute Gasteiger partial charge is 0.375 e. The van der Waals surface area contributed by atoms with E-state index < -0.39 is 0 Å². The van der Waals surface area contributed by atoms with Crippen LogP contribution < -0.4 is 5.32 Å². The Kier molecular flexibility index (Phi) is 4.17. The molecule has 2 atom stereocenters. The predicted octanol–water partition coefficient (Wildman–Crippen LogP) is 3.14. The van der Waals surface area contributed by atoms with E-state index in [1.165, 1.54) is 5.01 Å². The van der Waals surface area contributed by atoms with Crippen molar-refractivity contribution in [2.45, 2.75) is 57.7 Å². The Balaban J connectivity index is 1.95. The molecule has 96 valence electrons. The van der Waals surface area contributed by atoms with Gasteiger partial charge in [0.15, 0.2) is 0 Å². The molecule has 1 saturated heterocycles. The maximum atomic E-state index is 5.75. The van der Waals surface area contributed by atoms with Crippen molar-refractivity contribution in [1.29, 1.82) is 0 Å². The van der Waals surface area contributed by atoms with Crippen molar-refractivity contribution in [3.63, 3.8) is 0 Å². The topological polar surface area (TPSA) is 34.1 Å². The molecule has 0 radical (unpaired) electrons. The summed E-state index contributed by atoms with van der Waals surface area (Å²) in [7, 11) is 0. The van der Waals surface area contributed by atoms with Gasteiger partial charge >= 0.3 is 0 Å². The van der Waals surface area contributed by atoms with Gasteiger partial charge in [0.05, 0.1) is 11.6 Å². The lowest BCUT2D eigenvalue weighted by molar-refractivity contribution is -0.0642. The summed E-state index contributed by atoms with van der Waals surface area (Å²) < 4.78 is 5.75. The van der Waals surface area contributed by atoms with Gasteiger partial charge in [-0.15, -0.1) is 11.3 Å². The molecule has 1 N–H and O–H groups in total. The van der Waals surface area contributed by atoms with Crippen LogP contribution in [0.1, 0.15) is 51.1 Å². The minimum Gasteiger partial charge on any atom is -0.375 e. The third kappa shape index (κ3) is 3.50. The van der Waals surface area contributed by atoms with Crippen LogP contribution in [-0.4, -0.2) is 23.2 Å². The van der Waals surface area contributed by atoms with Crippen LogP contribution in [0.15, 0.2) is 11.6 Å². The third-order valence-corrected chi connectivity index (χ3v) is 4.18. The molecule has 1 fully saturated rings. The SMILES string of the molecule is CCC(NC1CCOC(C)(C)C1)c1nccs1. The molecule has 0 saturated carbocycles. The monoisotopic (exact) mass is 254 g/mol. The maximum Gasteiger partial charge on any atom is 0.109 e. The van der Waals surface area contributed by atoms with Gasteiger partial charge in [-0.1, -0.05) is 6.92 Å². The summed E-state index contributed by atoms with van der Waals surface area (Å²) >= 11 is 1.74. The molecule has 4 heteroatoms. The van der Waals surface area contributed by atoms with E-state index in [1.54, 1.807) is 11.3 Å². The van der Waals surface area contributed by atoms with Crippen molar-refractivity contribution in [2.24, 2.45) is 0 Å². The van der Waals surface area contributed by atoms with E-state index in [1.807, 2.05) is 11.6 Å². The molecule has 1 aliphatic heterocycles. The molecule has 0 amide bonds. The van der Waals surface area contributed by atoms with Crippen LogP contribution in [0, 0.1) is 0 Å². The fourth-order valence-electron chi connectivity index (χ4n) is 2.43. The summed E-state index contributed by atoms with van der Waals surface area (Å²) in [6, 6.07) is 0.946. The van der Waals surface area contributed by atoms with Crippen LogP contribution in [0.2, 0.25) is 0 Å². The highest BCUT2D eigenvalue weighted by molar-refractivity contribution is 7.09. The van der Waals surface area contributed by atoms with Gasteiger partial charge in [-0.2, -0.15) is 0 Å². The highest BCUT2D eigenvalue weighted by Crippen LogP contribution is 2.27. The van der Waals surface area contributed by atoms with Crippen LogP contribution in [0.3, 0.4) is 0 Å². The fraction of sp³-hybridized carbons (Fsp3) is 0.769. The number of rotatable bonds is 4. The van der Waals surface area contributed by atoms with E-state index in [4.69, 9.17) is 4.74 Å². The molecule has 0 aromatic carbocycles. The second-order valence-electron chi connectivity index (χ2n) is 5.30. The Labute approximate surface area is 108 Å². The normalized spacial score (nSPS) is 25.7. The molecule has 0 spiro atoms. The maximum absolute atomic E-state index is 5.75. The van der Waals surface area contributed by atoms with Crippen LogP contribution in [0.5, 0.6) is 0 Å². The minimum atomic E-state index is 0.0110. The number of nitrogens with one attached hydrogen (secondary N) is 1. The second-order valence-corrected chi connectivity index (χ2v) is 6.22. The Bertz CT molecular complexity index is 337. The quantitative estimate of drug-likeness (QED) is 0.896. The summed E-state index contributed by atoms with van der Waals surface area (Å²) in [4.78, 5) is 4.41. The van der Waals surface area contributed by atoms with E-state index >= 15 is 0 Å². The van der Waals surface area contributed by atoms with Gasteiger partial charge in [-0.05, 0) is 33.1 Å². The Hall–Kier alpha value is -0.450. The molecule has 0 aliphatic carbocycles. The zero-order chi connectivity index (χ0) is 12.3. The van der Waals surface area contributed by atoms with Gasteiger partial charge in [-0.3, -0.25) is 0 Å². The zero-order valence-electron chi connectivity index (χ0n) is 10.9. The van der Waals surface area contributed by atoms with Crippen LogP contribution >= 0.6 is 11.3 Å². The first-order chi connectivity index (χ1) is 8.11. The molecule has 2 heterocycles. The van der Waals surface area contributed by atoms with Crippen molar-refractivity contribution in [1.82, 2.24) is 10.3 Å². The molecular weight excluding hydrogens is 232 g/mol. The third-order valence-electron chi connectivity index (χ3n) is 3.29. The summed E-state index contributed by atoms with van der Waals surface area (Å²) in [5, 5.41) is 6.99. The van der Waals surface area contributed by atoms with E-state index in [9.17, 15) is 0 Å². The minimum absolute atomic E-state index is 0.0110. The molecule has 1 aromatic heterocycles. The molecule has 2 unspecified atom stereocenters. The molecule has 2 rings (SSSR count). The number of ether oxygens (including phenoxy) is 1. The molecule has 17 heavy (non-hydrogen) atoms. The van der Waals surface area contributed by atoms with Crippen molar-refractivity contribution >= 4 is 11.3 Å². The zero-order valence-corrected chi connectivity index (χ0v) is 11.7. The van der Waals surface area contributed by atoms with Crippen LogP contribution in [-0.2, 0) is 4.74 Å². The molecule has 1 aromatic rings. The predicted molar refractivity (Wildman–Crippen MR) is 71.3 cm³/mol. The first-order valence-electron chi connectivity index (χ1n) is 6.40. The van der Waals surface area contributed by atoms with Crippen molar-refractivity contribution < 1.29 is 4.74 Å². The standard InChI is InChI=1S/C13H22N2OS/c1-4-11(12-14-6-8-17-12)15-10-5-7-16-13(2,3)9-10/h6,8,10-11,15H,4-5,7,9H2,1-3H3. The van der Waals surface area contributed by atoms with E-state index in [0.717, 1.165) is 25.9 Å². The lowest BCUT2D eigenvalue weighted by atomic mass is 9.93. The number of nitrogens with zero attached hydrogens (tertiary/aromatic N) is 1. The lowest BCUT2D eigenvalue weighted by Gasteiger charge is -2.37.